The van der Waals surface area contributed by atoms with Crippen LogP contribution in [-0.2, 0) is 0 Å². The van der Waals surface area contributed by atoms with Crippen molar-refractivity contribution >= 4 is 11.6 Å². The maximum atomic E-state index is 11.7. The number of anilines is 1. The molecule has 1 fully saturated rings. The van der Waals surface area contributed by atoms with Crippen molar-refractivity contribution < 1.29 is 9.90 Å². The van der Waals surface area contributed by atoms with Gasteiger partial charge in [0.25, 0.3) is 5.91 Å². The Morgan fingerprint density at radius 2 is 2.22 bits per heavy atom. The smallest absolute Gasteiger partial charge is 0.251 e. The molecule has 0 spiro atoms. The van der Waals surface area contributed by atoms with E-state index in [2.05, 4.69) is 10.6 Å². The molecule has 0 radical (unpaired) electrons. The summed E-state index contributed by atoms with van der Waals surface area (Å²) in [7, 11) is 0. The average molecular weight is 248 g/mol. The summed E-state index contributed by atoms with van der Waals surface area (Å²) in [5.41, 5.74) is 1.61. The van der Waals surface area contributed by atoms with Gasteiger partial charge in [0.05, 0.1) is 6.61 Å². The molecular weight excluding hydrogens is 228 g/mol. The SMILES string of the molecule is O=C(NCCO)c1cccc(NCC2CCC2)c1. The van der Waals surface area contributed by atoms with Gasteiger partial charge in [0.1, 0.15) is 0 Å². The monoisotopic (exact) mass is 248 g/mol. The van der Waals surface area contributed by atoms with Crippen LogP contribution in [0.25, 0.3) is 0 Å². The lowest BCUT2D eigenvalue weighted by atomic mass is 9.85. The molecule has 2 rings (SSSR count). The van der Waals surface area contributed by atoms with Gasteiger partial charge in [0.2, 0.25) is 0 Å². The summed E-state index contributed by atoms with van der Waals surface area (Å²) in [6.07, 6.45) is 3.96. The van der Waals surface area contributed by atoms with Crippen molar-refractivity contribution in [1.82, 2.24) is 5.32 Å². The molecule has 98 valence electrons. The molecule has 0 unspecified atom stereocenters. The van der Waals surface area contributed by atoms with Crippen LogP contribution in [0.2, 0.25) is 0 Å². The predicted octanol–water partition coefficient (Wildman–Crippen LogP) is 1.62. The molecule has 1 aromatic rings. The maximum Gasteiger partial charge on any atom is 0.251 e. The third-order valence-corrected chi connectivity index (χ3v) is 3.34. The molecule has 18 heavy (non-hydrogen) atoms. The average Bonchev–Trinajstić information content (AvgIpc) is 2.34. The van der Waals surface area contributed by atoms with Crippen molar-refractivity contribution in [2.24, 2.45) is 5.92 Å². The number of hydrogen-bond donors (Lipinski definition) is 3. The molecule has 1 aliphatic carbocycles. The number of aliphatic hydroxyl groups excluding tert-OH is 1. The van der Waals surface area contributed by atoms with E-state index in [9.17, 15) is 4.79 Å². The Bertz CT molecular complexity index is 403. The summed E-state index contributed by atoms with van der Waals surface area (Å²) in [5, 5.41) is 14.7. The highest BCUT2D eigenvalue weighted by molar-refractivity contribution is 5.95. The third-order valence-electron chi connectivity index (χ3n) is 3.34. The lowest BCUT2D eigenvalue weighted by molar-refractivity contribution is 0.0945. The van der Waals surface area contributed by atoms with E-state index in [0.717, 1.165) is 18.2 Å². The zero-order valence-electron chi connectivity index (χ0n) is 10.5. The molecule has 0 atom stereocenters. The van der Waals surface area contributed by atoms with Crippen LogP contribution in [-0.4, -0.2) is 30.7 Å². The summed E-state index contributed by atoms with van der Waals surface area (Å²) >= 11 is 0. The van der Waals surface area contributed by atoms with Crippen molar-refractivity contribution in [2.45, 2.75) is 19.3 Å². The van der Waals surface area contributed by atoms with Gasteiger partial charge in [-0.3, -0.25) is 4.79 Å². The Kier molecular flexibility index (Phi) is 4.59. The lowest BCUT2D eigenvalue weighted by Crippen LogP contribution is -2.26. The minimum Gasteiger partial charge on any atom is -0.395 e. The van der Waals surface area contributed by atoms with Crippen molar-refractivity contribution in [3.63, 3.8) is 0 Å². The summed E-state index contributed by atoms with van der Waals surface area (Å²) in [5.74, 6) is 0.646. The first-order valence-electron chi connectivity index (χ1n) is 6.52. The summed E-state index contributed by atoms with van der Waals surface area (Å²) in [6, 6.07) is 7.48. The molecule has 4 nitrogen and oxygen atoms in total. The number of nitrogens with one attached hydrogen (secondary N) is 2. The van der Waals surface area contributed by atoms with Crippen LogP contribution >= 0.6 is 0 Å². The van der Waals surface area contributed by atoms with E-state index in [0.29, 0.717) is 12.1 Å². The van der Waals surface area contributed by atoms with Crippen molar-refractivity contribution in [3.8, 4) is 0 Å². The van der Waals surface area contributed by atoms with E-state index in [4.69, 9.17) is 5.11 Å². The van der Waals surface area contributed by atoms with Crippen LogP contribution in [0.1, 0.15) is 29.6 Å². The molecule has 4 heteroatoms. The van der Waals surface area contributed by atoms with Gasteiger partial charge in [-0.25, -0.2) is 0 Å². The van der Waals surface area contributed by atoms with Gasteiger partial charge in [0.15, 0.2) is 0 Å². The van der Waals surface area contributed by atoms with Gasteiger partial charge in [-0.15, -0.1) is 0 Å². The van der Waals surface area contributed by atoms with Gasteiger partial charge in [-0.2, -0.15) is 0 Å². The molecule has 0 aromatic heterocycles. The molecule has 1 aliphatic rings. The standard InChI is InChI=1S/C14H20N2O2/c17-8-7-15-14(18)12-5-2-6-13(9-12)16-10-11-3-1-4-11/h2,5-6,9,11,16-17H,1,3-4,7-8,10H2,(H,15,18). The normalized spacial score (nSPS) is 14.9. The lowest BCUT2D eigenvalue weighted by Gasteiger charge is -2.25. The first-order chi connectivity index (χ1) is 8.79. The fourth-order valence-corrected chi connectivity index (χ4v) is 2.00. The highest BCUT2D eigenvalue weighted by Crippen LogP contribution is 2.26. The van der Waals surface area contributed by atoms with Crippen LogP contribution < -0.4 is 10.6 Å². The number of carbonyl (C=O) groups is 1. The summed E-state index contributed by atoms with van der Waals surface area (Å²) in [6.45, 7) is 1.24. The molecule has 1 aromatic carbocycles. The van der Waals surface area contributed by atoms with Crippen molar-refractivity contribution in [1.29, 1.82) is 0 Å². The zero-order valence-corrected chi connectivity index (χ0v) is 10.5. The van der Waals surface area contributed by atoms with Crippen LogP contribution in [0.3, 0.4) is 0 Å². The Balaban J connectivity index is 1.89. The first-order valence-corrected chi connectivity index (χ1v) is 6.52. The van der Waals surface area contributed by atoms with E-state index < -0.39 is 0 Å². The number of benzene rings is 1. The van der Waals surface area contributed by atoms with Gasteiger partial charge in [0, 0.05) is 24.3 Å². The number of rotatable bonds is 6. The number of aliphatic hydroxyl groups is 1. The second-order valence-corrected chi connectivity index (χ2v) is 4.74. The van der Waals surface area contributed by atoms with Gasteiger partial charge in [-0.1, -0.05) is 12.5 Å². The zero-order chi connectivity index (χ0) is 12.8. The number of carbonyl (C=O) groups excluding carboxylic acids is 1. The largest absolute Gasteiger partial charge is 0.395 e. The Morgan fingerprint density at radius 3 is 2.89 bits per heavy atom. The molecule has 0 heterocycles. The fraction of sp³-hybridized carbons (Fsp3) is 0.500. The van der Waals surface area contributed by atoms with E-state index in [1.807, 2.05) is 18.2 Å². The van der Waals surface area contributed by atoms with Crippen molar-refractivity contribution in [2.75, 3.05) is 25.0 Å². The molecule has 0 aliphatic heterocycles. The molecule has 1 amide bonds. The highest BCUT2D eigenvalue weighted by Gasteiger charge is 2.16. The second-order valence-electron chi connectivity index (χ2n) is 4.74. The first kappa shape index (κ1) is 12.9. The van der Waals surface area contributed by atoms with E-state index in [-0.39, 0.29) is 12.5 Å². The molecular formula is C14H20N2O2. The Morgan fingerprint density at radius 1 is 1.39 bits per heavy atom. The van der Waals surface area contributed by atoms with Crippen LogP contribution in [0.4, 0.5) is 5.69 Å². The van der Waals surface area contributed by atoms with E-state index >= 15 is 0 Å². The molecule has 0 saturated heterocycles. The Labute approximate surface area is 107 Å². The molecule has 1 saturated carbocycles. The van der Waals surface area contributed by atoms with Crippen molar-refractivity contribution in [3.05, 3.63) is 29.8 Å². The minimum absolute atomic E-state index is 0.0363. The highest BCUT2D eigenvalue weighted by atomic mass is 16.3. The molecule has 3 N–H and O–H groups in total. The second kappa shape index (κ2) is 6.40. The maximum absolute atomic E-state index is 11.7. The Hall–Kier alpha value is -1.55. The van der Waals surface area contributed by atoms with Crippen LogP contribution in [0.5, 0.6) is 0 Å². The summed E-state index contributed by atoms with van der Waals surface area (Å²) < 4.78 is 0. The topological polar surface area (TPSA) is 61.4 Å². The van der Waals surface area contributed by atoms with Gasteiger partial charge >= 0.3 is 0 Å². The number of amides is 1. The minimum atomic E-state index is -0.142. The summed E-state index contributed by atoms with van der Waals surface area (Å²) in [4.78, 5) is 11.7. The van der Waals surface area contributed by atoms with Gasteiger partial charge in [-0.05, 0) is 37.0 Å². The number of hydrogen-bond acceptors (Lipinski definition) is 3. The van der Waals surface area contributed by atoms with Crippen LogP contribution in [0.15, 0.2) is 24.3 Å². The van der Waals surface area contributed by atoms with Gasteiger partial charge < -0.3 is 15.7 Å². The fourth-order valence-electron chi connectivity index (χ4n) is 2.00. The third kappa shape index (κ3) is 3.47. The molecule has 0 bridgehead atoms. The van der Waals surface area contributed by atoms with E-state index in [1.54, 1.807) is 6.07 Å². The quantitative estimate of drug-likeness (QED) is 0.717. The predicted molar refractivity (Wildman–Crippen MR) is 71.7 cm³/mol. The van der Waals surface area contributed by atoms with Crippen LogP contribution in [0, 0.1) is 5.92 Å². The van der Waals surface area contributed by atoms with E-state index in [1.165, 1.54) is 19.3 Å².